The van der Waals surface area contributed by atoms with Gasteiger partial charge < -0.3 is 4.42 Å². The van der Waals surface area contributed by atoms with E-state index in [1.54, 1.807) is 12.3 Å². The fourth-order valence-electron chi connectivity index (χ4n) is 3.10. The van der Waals surface area contributed by atoms with E-state index in [2.05, 4.69) is 30.8 Å². The summed E-state index contributed by atoms with van der Waals surface area (Å²) in [6, 6.07) is 5.49. The first-order valence-corrected chi connectivity index (χ1v) is 8.63. The normalized spacial score (nSPS) is 14.8. The van der Waals surface area contributed by atoms with E-state index in [-0.39, 0.29) is 5.43 Å². The molecule has 4 rings (SSSR count). The molecule has 24 heavy (non-hydrogen) atoms. The highest BCUT2D eigenvalue weighted by Gasteiger charge is 2.19. The molecule has 3 heterocycles. The van der Waals surface area contributed by atoms with E-state index in [4.69, 9.17) is 4.42 Å². The molecule has 1 aromatic carbocycles. The summed E-state index contributed by atoms with van der Waals surface area (Å²) in [5, 5.41) is 0.609. The number of aromatic nitrogens is 2. The van der Waals surface area contributed by atoms with Gasteiger partial charge in [0.25, 0.3) is 0 Å². The number of hydrogen-bond donors (Lipinski definition) is 0. The molecule has 1 aliphatic rings. The van der Waals surface area contributed by atoms with Crippen LogP contribution in [-0.2, 0) is 19.5 Å². The molecular formula is C18H16BrN3O2. The van der Waals surface area contributed by atoms with Crippen LogP contribution in [0.2, 0.25) is 0 Å². The summed E-state index contributed by atoms with van der Waals surface area (Å²) in [7, 11) is 0. The summed E-state index contributed by atoms with van der Waals surface area (Å²) in [4.78, 5) is 23.7. The first kappa shape index (κ1) is 15.5. The Kier molecular flexibility index (Phi) is 3.94. The number of aryl methyl sites for hydroxylation is 1. The van der Waals surface area contributed by atoms with Crippen molar-refractivity contribution in [3.63, 3.8) is 0 Å². The number of nitrogens with zero attached hydrogens (tertiary/aromatic N) is 3. The third kappa shape index (κ3) is 2.87. The lowest BCUT2D eigenvalue weighted by Gasteiger charge is -2.27. The minimum atomic E-state index is 0.0310. The summed E-state index contributed by atoms with van der Waals surface area (Å²) in [6.45, 7) is 4.11. The number of benzene rings is 1. The average Bonchev–Trinajstić information content (AvgIpc) is 2.58. The number of rotatable bonds is 2. The molecule has 0 bridgehead atoms. The van der Waals surface area contributed by atoms with Crippen molar-refractivity contribution < 1.29 is 4.42 Å². The Morgan fingerprint density at radius 1 is 1.38 bits per heavy atom. The van der Waals surface area contributed by atoms with Gasteiger partial charge in [0.1, 0.15) is 11.4 Å². The fourth-order valence-corrected chi connectivity index (χ4v) is 3.46. The number of fused-ring (bicyclic) bond motifs is 2. The van der Waals surface area contributed by atoms with Gasteiger partial charge in [-0.05, 0) is 25.1 Å². The molecule has 0 unspecified atom stereocenters. The van der Waals surface area contributed by atoms with E-state index in [1.807, 2.05) is 25.3 Å². The van der Waals surface area contributed by atoms with Crippen molar-refractivity contribution in [3.8, 4) is 0 Å². The molecule has 6 heteroatoms. The second-order valence-corrected chi connectivity index (χ2v) is 7.00. The van der Waals surface area contributed by atoms with Crippen molar-refractivity contribution in [2.24, 2.45) is 0 Å². The second kappa shape index (κ2) is 6.11. The zero-order valence-electron chi connectivity index (χ0n) is 13.3. The summed E-state index contributed by atoms with van der Waals surface area (Å²) in [5.74, 6) is 0.808. The molecule has 122 valence electrons. The van der Waals surface area contributed by atoms with Crippen molar-refractivity contribution in [1.82, 2.24) is 14.9 Å². The molecule has 1 aliphatic heterocycles. The molecule has 3 aromatic rings. The van der Waals surface area contributed by atoms with E-state index in [9.17, 15) is 4.79 Å². The van der Waals surface area contributed by atoms with Crippen molar-refractivity contribution in [2.45, 2.75) is 26.4 Å². The molecule has 2 aromatic heterocycles. The molecule has 0 radical (unpaired) electrons. The summed E-state index contributed by atoms with van der Waals surface area (Å²) in [6.07, 6.45) is 4.35. The Hall–Kier alpha value is -2.05. The van der Waals surface area contributed by atoms with Crippen LogP contribution in [0.4, 0.5) is 0 Å². The summed E-state index contributed by atoms with van der Waals surface area (Å²) < 4.78 is 6.51. The van der Waals surface area contributed by atoms with E-state index >= 15 is 0 Å². The highest BCUT2D eigenvalue weighted by Crippen LogP contribution is 2.20. The van der Waals surface area contributed by atoms with Crippen LogP contribution in [0, 0.1) is 6.92 Å². The summed E-state index contributed by atoms with van der Waals surface area (Å²) >= 11 is 3.41. The van der Waals surface area contributed by atoms with Crippen LogP contribution in [0.3, 0.4) is 0 Å². The molecule has 0 aliphatic carbocycles. The zero-order chi connectivity index (χ0) is 16.7. The molecule has 0 saturated heterocycles. The zero-order valence-corrected chi connectivity index (χ0v) is 14.8. The van der Waals surface area contributed by atoms with Gasteiger partial charge in [-0.1, -0.05) is 15.9 Å². The maximum atomic E-state index is 12.7. The van der Waals surface area contributed by atoms with Gasteiger partial charge >= 0.3 is 0 Å². The van der Waals surface area contributed by atoms with E-state index in [0.717, 1.165) is 41.1 Å². The Balaban J connectivity index is 1.62. The fraction of sp³-hybridized carbons (Fsp3) is 0.278. The van der Waals surface area contributed by atoms with Crippen LogP contribution in [0.5, 0.6) is 0 Å². The quantitative estimate of drug-likeness (QED) is 0.677. The van der Waals surface area contributed by atoms with Gasteiger partial charge in [-0.25, -0.2) is 9.97 Å². The summed E-state index contributed by atoms with van der Waals surface area (Å²) in [5.41, 5.74) is 3.58. The SMILES string of the molecule is Cc1ncc2c(n1)CCN(Cc1coc3ccc(Br)cc3c1=O)C2. The van der Waals surface area contributed by atoms with Crippen molar-refractivity contribution in [1.29, 1.82) is 0 Å². The molecular weight excluding hydrogens is 370 g/mol. The minimum Gasteiger partial charge on any atom is -0.464 e. The van der Waals surface area contributed by atoms with Gasteiger partial charge in [0.2, 0.25) is 0 Å². The molecule has 0 N–H and O–H groups in total. The smallest absolute Gasteiger partial charge is 0.197 e. The van der Waals surface area contributed by atoms with Crippen LogP contribution >= 0.6 is 15.9 Å². The first-order chi connectivity index (χ1) is 11.6. The standard InChI is InChI=1S/C18H16BrN3O2/c1-11-20-7-12-8-22(5-4-16(12)21-11)9-13-10-24-17-3-2-14(19)6-15(17)18(13)23/h2-3,6-7,10H,4-5,8-9H2,1H3. The molecule has 0 amide bonds. The third-order valence-corrected chi connectivity index (χ3v) is 4.83. The maximum absolute atomic E-state index is 12.7. The Morgan fingerprint density at radius 3 is 3.12 bits per heavy atom. The maximum Gasteiger partial charge on any atom is 0.197 e. The molecule has 0 saturated carbocycles. The predicted molar refractivity (Wildman–Crippen MR) is 94.8 cm³/mol. The van der Waals surface area contributed by atoms with Gasteiger partial charge in [-0.2, -0.15) is 0 Å². The van der Waals surface area contributed by atoms with Crippen LogP contribution in [-0.4, -0.2) is 21.4 Å². The highest BCUT2D eigenvalue weighted by atomic mass is 79.9. The first-order valence-electron chi connectivity index (χ1n) is 7.84. The molecule has 5 nitrogen and oxygen atoms in total. The molecule has 0 spiro atoms. The van der Waals surface area contributed by atoms with E-state index in [0.29, 0.717) is 23.1 Å². The Labute approximate surface area is 147 Å². The van der Waals surface area contributed by atoms with Gasteiger partial charge in [0, 0.05) is 53.5 Å². The van der Waals surface area contributed by atoms with Gasteiger partial charge in [-0.15, -0.1) is 0 Å². The van der Waals surface area contributed by atoms with Gasteiger partial charge in [0.05, 0.1) is 11.6 Å². The Bertz CT molecular complexity index is 984. The van der Waals surface area contributed by atoms with Crippen LogP contribution in [0.1, 0.15) is 22.6 Å². The largest absolute Gasteiger partial charge is 0.464 e. The average molecular weight is 386 g/mol. The van der Waals surface area contributed by atoms with Gasteiger partial charge in [-0.3, -0.25) is 9.69 Å². The minimum absolute atomic E-state index is 0.0310. The van der Waals surface area contributed by atoms with E-state index < -0.39 is 0 Å². The van der Waals surface area contributed by atoms with Crippen molar-refractivity contribution in [3.05, 3.63) is 68.0 Å². The van der Waals surface area contributed by atoms with Crippen LogP contribution < -0.4 is 5.43 Å². The number of hydrogen-bond acceptors (Lipinski definition) is 5. The monoisotopic (exact) mass is 385 g/mol. The highest BCUT2D eigenvalue weighted by molar-refractivity contribution is 9.10. The Morgan fingerprint density at radius 2 is 2.25 bits per heavy atom. The molecule has 0 atom stereocenters. The van der Waals surface area contributed by atoms with Crippen LogP contribution in [0.25, 0.3) is 11.0 Å². The molecule has 0 fully saturated rings. The lowest BCUT2D eigenvalue weighted by molar-refractivity contribution is 0.240. The number of halogens is 1. The lowest BCUT2D eigenvalue weighted by Crippen LogP contribution is -2.32. The lowest BCUT2D eigenvalue weighted by atomic mass is 10.1. The second-order valence-electron chi connectivity index (χ2n) is 6.08. The van der Waals surface area contributed by atoms with Gasteiger partial charge in [0.15, 0.2) is 5.43 Å². The van der Waals surface area contributed by atoms with E-state index in [1.165, 1.54) is 0 Å². The van der Waals surface area contributed by atoms with Crippen molar-refractivity contribution in [2.75, 3.05) is 6.54 Å². The predicted octanol–water partition coefficient (Wildman–Crippen LogP) is 3.21. The van der Waals surface area contributed by atoms with Crippen LogP contribution in [0.15, 0.2) is 44.3 Å². The topological polar surface area (TPSA) is 59.2 Å². The third-order valence-electron chi connectivity index (χ3n) is 4.33. The van der Waals surface area contributed by atoms with Crippen molar-refractivity contribution >= 4 is 26.9 Å².